The number of benzene rings is 3. The Morgan fingerprint density at radius 2 is 1.58 bits per heavy atom. The molecular weight excluding hydrogens is 442 g/mol. The van der Waals surface area contributed by atoms with Gasteiger partial charge in [-0.05, 0) is 48.5 Å². The summed E-state index contributed by atoms with van der Waals surface area (Å²) < 4.78 is 34.3. The maximum Gasteiger partial charge on any atom is 0.262 e. The molecule has 4 rings (SSSR count). The zero-order chi connectivity index (χ0) is 22.0. The number of ether oxygens (including phenoxy) is 1. The van der Waals surface area contributed by atoms with E-state index >= 15 is 0 Å². The molecule has 0 aliphatic carbocycles. The normalized spacial score (nSPS) is 13.5. The summed E-state index contributed by atoms with van der Waals surface area (Å²) in [6.07, 6.45) is -0.349. The highest BCUT2D eigenvalue weighted by molar-refractivity contribution is 7.92. The number of amides is 2. The van der Waals surface area contributed by atoms with E-state index in [1.807, 2.05) is 6.07 Å². The Hall–Kier alpha value is -3.56. The highest BCUT2D eigenvalue weighted by Crippen LogP contribution is 2.34. The molecular formula is C21H16ClN3O5S. The molecule has 3 aromatic rings. The molecule has 10 heteroatoms. The van der Waals surface area contributed by atoms with Crippen LogP contribution >= 0.6 is 11.6 Å². The minimum atomic E-state index is -4.07. The van der Waals surface area contributed by atoms with E-state index in [1.54, 1.807) is 36.4 Å². The van der Waals surface area contributed by atoms with Crippen LogP contribution in [0.4, 0.5) is 17.1 Å². The Bertz CT molecular complexity index is 1280. The molecule has 3 N–H and O–H groups in total. The van der Waals surface area contributed by atoms with Crippen LogP contribution in [0.3, 0.4) is 0 Å². The lowest BCUT2D eigenvalue weighted by Gasteiger charge is -2.15. The van der Waals surface area contributed by atoms with Crippen molar-refractivity contribution in [2.75, 3.05) is 15.4 Å². The zero-order valence-corrected chi connectivity index (χ0v) is 17.5. The van der Waals surface area contributed by atoms with Gasteiger partial charge in [0.2, 0.25) is 11.8 Å². The highest BCUT2D eigenvalue weighted by Gasteiger charge is 2.23. The van der Waals surface area contributed by atoms with Gasteiger partial charge in [0.15, 0.2) is 5.75 Å². The number of carbonyl (C=O) groups excluding carboxylic acids is 2. The molecule has 3 aromatic carbocycles. The van der Waals surface area contributed by atoms with Gasteiger partial charge < -0.3 is 15.4 Å². The van der Waals surface area contributed by atoms with Crippen LogP contribution in [0.15, 0.2) is 71.6 Å². The molecule has 0 bridgehead atoms. The summed E-state index contributed by atoms with van der Waals surface area (Å²) >= 11 is 6.06. The van der Waals surface area contributed by atoms with E-state index in [0.29, 0.717) is 16.5 Å². The number of halogens is 1. The van der Waals surface area contributed by atoms with Crippen molar-refractivity contribution in [1.82, 2.24) is 0 Å². The summed E-state index contributed by atoms with van der Waals surface area (Å²) in [6, 6.07) is 17.4. The second kappa shape index (κ2) is 8.29. The molecule has 1 aliphatic rings. The molecule has 1 aliphatic heterocycles. The fourth-order valence-electron chi connectivity index (χ4n) is 2.93. The molecule has 0 saturated carbocycles. The SMILES string of the molecule is O=C1CC(=O)Nc2cc(S(=O)(=O)Nc3cc(Cl)ccc3Oc3ccccc3)ccc2N1. The molecule has 8 nitrogen and oxygen atoms in total. The van der Waals surface area contributed by atoms with Crippen LogP contribution in [0.2, 0.25) is 5.02 Å². The first-order valence-electron chi connectivity index (χ1n) is 9.09. The average molecular weight is 458 g/mol. The number of hydrogen-bond acceptors (Lipinski definition) is 5. The van der Waals surface area contributed by atoms with Crippen LogP contribution in [-0.4, -0.2) is 20.2 Å². The van der Waals surface area contributed by atoms with Crippen molar-refractivity contribution in [3.05, 3.63) is 71.8 Å². The van der Waals surface area contributed by atoms with Crippen LogP contribution in [-0.2, 0) is 19.6 Å². The quantitative estimate of drug-likeness (QED) is 0.496. The number of anilines is 3. The lowest BCUT2D eigenvalue weighted by molar-refractivity contribution is -0.123. The molecule has 0 spiro atoms. The number of rotatable bonds is 5. The van der Waals surface area contributed by atoms with Crippen LogP contribution in [0.1, 0.15) is 6.42 Å². The highest BCUT2D eigenvalue weighted by atomic mass is 35.5. The number of sulfonamides is 1. The van der Waals surface area contributed by atoms with Gasteiger partial charge in [-0.15, -0.1) is 0 Å². The Morgan fingerprint density at radius 3 is 2.32 bits per heavy atom. The van der Waals surface area contributed by atoms with E-state index in [1.165, 1.54) is 24.3 Å². The summed E-state index contributed by atoms with van der Waals surface area (Å²) in [6.45, 7) is 0. The molecule has 31 heavy (non-hydrogen) atoms. The van der Waals surface area contributed by atoms with Crippen molar-refractivity contribution in [2.45, 2.75) is 11.3 Å². The topological polar surface area (TPSA) is 114 Å². The minimum absolute atomic E-state index is 0.117. The van der Waals surface area contributed by atoms with Gasteiger partial charge in [0.05, 0.1) is 22.0 Å². The second-order valence-corrected chi connectivity index (χ2v) is 8.76. The van der Waals surface area contributed by atoms with Crippen molar-refractivity contribution in [1.29, 1.82) is 0 Å². The predicted molar refractivity (Wildman–Crippen MR) is 117 cm³/mol. The number of fused-ring (bicyclic) bond motifs is 1. The van der Waals surface area contributed by atoms with E-state index in [9.17, 15) is 18.0 Å². The molecule has 0 aromatic heterocycles. The van der Waals surface area contributed by atoms with E-state index in [2.05, 4.69) is 15.4 Å². The van der Waals surface area contributed by atoms with Crippen molar-refractivity contribution >= 4 is 50.5 Å². The summed E-state index contributed by atoms with van der Waals surface area (Å²) in [4.78, 5) is 23.3. The monoisotopic (exact) mass is 457 g/mol. The lowest BCUT2D eigenvalue weighted by Crippen LogP contribution is -2.16. The number of carbonyl (C=O) groups is 2. The summed E-state index contributed by atoms with van der Waals surface area (Å²) in [5, 5.41) is 5.39. The van der Waals surface area contributed by atoms with E-state index in [-0.39, 0.29) is 28.4 Å². The zero-order valence-electron chi connectivity index (χ0n) is 15.9. The summed E-state index contributed by atoms with van der Waals surface area (Å²) in [5.41, 5.74) is 0.639. The molecule has 0 fully saturated rings. The van der Waals surface area contributed by atoms with E-state index in [4.69, 9.17) is 16.3 Å². The second-order valence-electron chi connectivity index (χ2n) is 6.64. The number of para-hydroxylation sites is 1. The first-order chi connectivity index (χ1) is 14.8. The molecule has 0 unspecified atom stereocenters. The molecule has 0 saturated heterocycles. The predicted octanol–water partition coefficient (Wildman–Crippen LogP) is 4.21. The van der Waals surface area contributed by atoms with E-state index in [0.717, 1.165) is 0 Å². The van der Waals surface area contributed by atoms with Gasteiger partial charge >= 0.3 is 0 Å². The summed E-state index contributed by atoms with van der Waals surface area (Å²) in [5.74, 6) is -0.234. The largest absolute Gasteiger partial charge is 0.455 e. The molecule has 0 atom stereocenters. The fourth-order valence-corrected chi connectivity index (χ4v) is 4.19. The Balaban J connectivity index is 1.66. The maximum absolute atomic E-state index is 13.0. The van der Waals surface area contributed by atoms with Gasteiger partial charge in [-0.2, -0.15) is 0 Å². The molecule has 2 amide bonds. The van der Waals surface area contributed by atoms with Crippen molar-refractivity contribution < 1.29 is 22.7 Å². The standard InChI is InChI=1S/C21H16ClN3O5S/c22-13-6-9-19(30-14-4-2-1-3-5-14)18(10-13)25-31(28,29)15-7-8-16-17(11-15)24-21(27)12-20(26)23-16/h1-11,25H,12H2,(H,23,26)(H,24,27). The Morgan fingerprint density at radius 1 is 0.871 bits per heavy atom. The number of hydrogen-bond donors (Lipinski definition) is 3. The van der Waals surface area contributed by atoms with Gasteiger partial charge in [0.25, 0.3) is 10.0 Å². The number of nitrogens with one attached hydrogen (secondary N) is 3. The first-order valence-corrected chi connectivity index (χ1v) is 11.0. The first kappa shape index (κ1) is 20.7. The van der Waals surface area contributed by atoms with Crippen LogP contribution in [0, 0.1) is 0 Å². The van der Waals surface area contributed by atoms with Gasteiger partial charge in [-0.3, -0.25) is 14.3 Å². The van der Waals surface area contributed by atoms with Gasteiger partial charge in [-0.25, -0.2) is 8.42 Å². The van der Waals surface area contributed by atoms with Crippen molar-refractivity contribution in [2.24, 2.45) is 0 Å². The fraction of sp³-hybridized carbons (Fsp3) is 0.0476. The van der Waals surface area contributed by atoms with Gasteiger partial charge in [0, 0.05) is 5.02 Å². The maximum atomic E-state index is 13.0. The third kappa shape index (κ3) is 4.79. The van der Waals surface area contributed by atoms with Crippen molar-refractivity contribution in [3.8, 4) is 11.5 Å². The lowest BCUT2D eigenvalue weighted by atomic mass is 10.2. The van der Waals surface area contributed by atoms with Crippen molar-refractivity contribution in [3.63, 3.8) is 0 Å². The van der Waals surface area contributed by atoms with Crippen LogP contribution in [0.25, 0.3) is 0 Å². The third-order valence-corrected chi connectivity index (χ3v) is 5.93. The van der Waals surface area contributed by atoms with Crippen LogP contribution < -0.4 is 20.1 Å². The Labute approximate surface area is 183 Å². The minimum Gasteiger partial charge on any atom is -0.455 e. The molecule has 158 valence electrons. The van der Waals surface area contributed by atoms with E-state index < -0.39 is 21.8 Å². The average Bonchev–Trinajstić information content (AvgIpc) is 2.86. The summed E-state index contributed by atoms with van der Waals surface area (Å²) in [7, 11) is -4.07. The molecule has 0 radical (unpaired) electrons. The van der Waals surface area contributed by atoms with Gasteiger partial charge in [-0.1, -0.05) is 29.8 Å². The Kier molecular flexibility index (Phi) is 5.53. The van der Waals surface area contributed by atoms with Gasteiger partial charge in [0.1, 0.15) is 12.2 Å². The smallest absolute Gasteiger partial charge is 0.262 e. The molecule has 1 heterocycles. The van der Waals surface area contributed by atoms with Crippen LogP contribution in [0.5, 0.6) is 11.5 Å². The third-order valence-electron chi connectivity index (χ3n) is 4.33.